The quantitative estimate of drug-likeness (QED) is 0.763. The fourth-order valence-electron chi connectivity index (χ4n) is 3.02. The molecule has 0 saturated heterocycles. The number of carbonyl (C=O) groups excluding carboxylic acids is 1. The topological polar surface area (TPSA) is 53.2 Å². The summed E-state index contributed by atoms with van der Waals surface area (Å²) in [4.78, 5) is 12.3. The van der Waals surface area contributed by atoms with Gasteiger partial charge < -0.3 is 16.0 Å². The Hall–Kier alpha value is -1.71. The van der Waals surface area contributed by atoms with E-state index in [1.165, 1.54) is 12.8 Å². The number of nitrogens with one attached hydrogen (secondary N) is 3. The first-order chi connectivity index (χ1) is 9.24. The van der Waals surface area contributed by atoms with Gasteiger partial charge >= 0.3 is 0 Å². The molecular formula is C15H21N3O. The molecule has 1 aliphatic heterocycles. The van der Waals surface area contributed by atoms with Crippen LogP contribution in [0.5, 0.6) is 0 Å². The number of carbonyl (C=O) groups is 1. The summed E-state index contributed by atoms with van der Waals surface area (Å²) in [6.07, 6.45) is 3.57. The van der Waals surface area contributed by atoms with Crippen molar-refractivity contribution in [2.24, 2.45) is 5.92 Å². The van der Waals surface area contributed by atoms with Crippen molar-refractivity contribution in [1.29, 1.82) is 0 Å². The lowest BCUT2D eigenvalue weighted by atomic mass is 10.1. The van der Waals surface area contributed by atoms with E-state index in [0.29, 0.717) is 18.5 Å². The fourth-order valence-corrected chi connectivity index (χ4v) is 3.02. The van der Waals surface area contributed by atoms with E-state index in [0.717, 1.165) is 17.8 Å². The van der Waals surface area contributed by atoms with Crippen molar-refractivity contribution in [2.45, 2.75) is 38.3 Å². The van der Waals surface area contributed by atoms with Gasteiger partial charge in [0.05, 0.1) is 11.4 Å². The zero-order chi connectivity index (χ0) is 13.2. The van der Waals surface area contributed by atoms with Crippen molar-refractivity contribution in [2.75, 3.05) is 17.2 Å². The molecule has 3 rings (SSSR count). The Morgan fingerprint density at radius 2 is 2.05 bits per heavy atom. The maximum atomic E-state index is 12.3. The number of amides is 1. The van der Waals surface area contributed by atoms with E-state index in [1.54, 1.807) is 0 Å². The van der Waals surface area contributed by atoms with Crippen molar-refractivity contribution in [3.05, 3.63) is 24.3 Å². The van der Waals surface area contributed by atoms with E-state index in [-0.39, 0.29) is 11.9 Å². The molecule has 3 unspecified atom stereocenters. The lowest BCUT2D eigenvalue weighted by Crippen LogP contribution is -2.49. The first-order valence-corrected chi connectivity index (χ1v) is 7.14. The highest BCUT2D eigenvalue weighted by atomic mass is 16.2. The number of hydrogen-bond donors (Lipinski definition) is 3. The first-order valence-electron chi connectivity index (χ1n) is 7.14. The zero-order valence-corrected chi connectivity index (χ0v) is 11.3. The van der Waals surface area contributed by atoms with E-state index < -0.39 is 0 Å². The highest BCUT2D eigenvalue weighted by Crippen LogP contribution is 2.27. The minimum absolute atomic E-state index is 0.112. The molecule has 1 heterocycles. The highest BCUT2D eigenvalue weighted by Gasteiger charge is 2.29. The molecule has 1 saturated carbocycles. The lowest BCUT2D eigenvalue weighted by Gasteiger charge is -2.29. The summed E-state index contributed by atoms with van der Waals surface area (Å²) in [6, 6.07) is 8.17. The maximum Gasteiger partial charge on any atom is 0.244 e. The van der Waals surface area contributed by atoms with Crippen LogP contribution in [0.1, 0.15) is 26.2 Å². The van der Waals surface area contributed by atoms with E-state index in [4.69, 9.17) is 0 Å². The number of anilines is 2. The van der Waals surface area contributed by atoms with Crippen LogP contribution in [0.25, 0.3) is 0 Å². The molecule has 0 radical (unpaired) electrons. The van der Waals surface area contributed by atoms with Crippen LogP contribution in [0.15, 0.2) is 24.3 Å². The maximum absolute atomic E-state index is 12.3. The van der Waals surface area contributed by atoms with E-state index in [9.17, 15) is 4.79 Å². The summed E-state index contributed by atoms with van der Waals surface area (Å²) in [5, 5.41) is 9.81. The number of para-hydroxylation sites is 2. The molecule has 1 aliphatic carbocycles. The molecule has 0 spiro atoms. The predicted molar refractivity (Wildman–Crippen MR) is 77.3 cm³/mol. The Morgan fingerprint density at radius 3 is 2.79 bits per heavy atom. The number of fused-ring (bicyclic) bond motifs is 1. The third-order valence-electron chi connectivity index (χ3n) is 4.26. The molecule has 19 heavy (non-hydrogen) atoms. The Bertz CT molecular complexity index is 474. The number of hydrogen-bond acceptors (Lipinski definition) is 3. The summed E-state index contributed by atoms with van der Waals surface area (Å²) >= 11 is 0. The Labute approximate surface area is 114 Å². The van der Waals surface area contributed by atoms with Gasteiger partial charge in [-0.15, -0.1) is 0 Å². The summed E-state index contributed by atoms with van der Waals surface area (Å²) in [7, 11) is 0. The van der Waals surface area contributed by atoms with E-state index in [1.807, 2.05) is 24.3 Å². The molecule has 4 heteroatoms. The molecule has 2 aliphatic rings. The minimum Gasteiger partial charge on any atom is -0.381 e. The van der Waals surface area contributed by atoms with Crippen LogP contribution in [0, 0.1) is 5.92 Å². The van der Waals surface area contributed by atoms with Crippen molar-refractivity contribution < 1.29 is 4.79 Å². The lowest BCUT2D eigenvalue weighted by molar-refractivity contribution is -0.122. The minimum atomic E-state index is -0.178. The van der Waals surface area contributed by atoms with Crippen LogP contribution in [0.2, 0.25) is 0 Å². The Kier molecular flexibility index (Phi) is 3.32. The standard InChI is InChI=1S/C15H21N3O/c1-10-5-4-8-11(10)18-15(19)14-9-16-12-6-2-3-7-13(12)17-14/h2-3,6-7,10-11,14,16-17H,4-5,8-9H2,1H3,(H,18,19). The summed E-state index contributed by atoms with van der Waals surface area (Å²) < 4.78 is 0. The van der Waals surface area contributed by atoms with Crippen LogP contribution < -0.4 is 16.0 Å². The summed E-state index contributed by atoms with van der Waals surface area (Å²) in [5.74, 6) is 0.716. The fraction of sp³-hybridized carbons (Fsp3) is 0.533. The molecule has 0 bridgehead atoms. The normalized spacial score (nSPS) is 29.0. The van der Waals surface area contributed by atoms with Crippen LogP contribution in [-0.4, -0.2) is 24.5 Å². The average molecular weight is 259 g/mol. The average Bonchev–Trinajstić information content (AvgIpc) is 2.84. The van der Waals surface area contributed by atoms with Crippen LogP contribution >= 0.6 is 0 Å². The molecule has 0 aromatic heterocycles. The van der Waals surface area contributed by atoms with Gasteiger partial charge in [-0.3, -0.25) is 4.79 Å². The zero-order valence-electron chi connectivity index (χ0n) is 11.3. The molecule has 1 fully saturated rings. The second-order valence-corrected chi connectivity index (χ2v) is 5.65. The SMILES string of the molecule is CC1CCCC1NC(=O)C1CNc2ccccc2N1. The van der Waals surface area contributed by atoms with Gasteiger partial charge in [0.25, 0.3) is 0 Å². The van der Waals surface area contributed by atoms with E-state index >= 15 is 0 Å². The van der Waals surface area contributed by atoms with Gasteiger partial charge in [0.15, 0.2) is 0 Å². The van der Waals surface area contributed by atoms with Gasteiger partial charge in [-0.2, -0.15) is 0 Å². The number of benzene rings is 1. The van der Waals surface area contributed by atoms with Gasteiger partial charge in [-0.1, -0.05) is 25.5 Å². The first kappa shape index (κ1) is 12.3. The smallest absolute Gasteiger partial charge is 0.244 e. The van der Waals surface area contributed by atoms with Crippen LogP contribution in [-0.2, 0) is 4.79 Å². The molecule has 4 nitrogen and oxygen atoms in total. The monoisotopic (exact) mass is 259 g/mol. The molecule has 1 amide bonds. The van der Waals surface area contributed by atoms with Gasteiger partial charge in [-0.05, 0) is 30.9 Å². The van der Waals surface area contributed by atoms with Gasteiger partial charge in [0, 0.05) is 12.6 Å². The largest absolute Gasteiger partial charge is 0.381 e. The van der Waals surface area contributed by atoms with Gasteiger partial charge in [0.2, 0.25) is 5.91 Å². The van der Waals surface area contributed by atoms with Gasteiger partial charge in [0.1, 0.15) is 6.04 Å². The van der Waals surface area contributed by atoms with Gasteiger partial charge in [-0.25, -0.2) is 0 Å². The second kappa shape index (κ2) is 5.11. The summed E-state index contributed by atoms with van der Waals surface area (Å²) in [6.45, 7) is 2.86. The second-order valence-electron chi connectivity index (χ2n) is 5.65. The molecule has 3 atom stereocenters. The van der Waals surface area contributed by atoms with Crippen molar-refractivity contribution in [1.82, 2.24) is 5.32 Å². The predicted octanol–water partition coefficient (Wildman–Crippen LogP) is 2.20. The Morgan fingerprint density at radius 1 is 1.26 bits per heavy atom. The van der Waals surface area contributed by atoms with Crippen LogP contribution in [0.3, 0.4) is 0 Å². The number of rotatable bonds is 2. The summed E-state index contributed by atoms with van der Waals surface area (Å²) in [5.41, 5.74) is 2.08. The van der Waals surface area contributed by atoms with Crippen LogP contribution in [0.4, 0.5) is 11.4 Å². The molecule has 3 N–H and O–H groups in total. The molecule has 102 valence electrons. The van der Waals surface area contributed by atoms with Crippen molar-refractivity contribution >= 4 is 17.3 Å². The third kappa shape index (κ3) is 2.53. The third-order valence-corrected chi connectivity index (χ3v) is 4.26. The van der Waals surface area contributed by atoms with Crippen molar-refractivity contribution in [3.63, 3.8) is 0 Å². The molecule has 1 aromatic rings. The molecule has 1 aromatic carbocycles. The van der Waals surface area contributed by atoms with E-state index in [2.05, 4.69) is 22.9 Å². The highest BCUT2D eigenvalue weighted by molar-refractivity contribution is 5.88. The van der Waals surface area contributed by atoms with Crippen molar-refractivity contribution in [3.8, 4) is 0 Å². The Balaban J connectivity index is 1.63. The molecular weight excluding hydrogens is 238 g/mol.